The Kier molecular flexibility index (Phi) is 5.18. The predicted octanol–water partition coefficient (Wildman–Crippen LogP) is 3.69. The molecule has 0 amide bonds. The van der Waals surface area contributed by atoms with E-state index in [4.69, 9.17) is 9.47 Å². The molecule has 0 bridgehead atoms. The second kappa shape index (κ2) is 7.70. The second-order valence-electron chi connectivity index (χ2n) is 5.49. The summed E-state index contributed by atoms with van der Waals surface area (Å²) in [5, 5.41) is 7.57. The van der Waals surface area contributed by atoms with E-state index in [-0.39, 0.29) is 0 Å². The lowest BCUT2D eigenvalue weighted by Crippen LogP contribution is -2.07. The summed E-state index contributed by atoms with van der Waals surface area (Å²) in [6, 6.07) is 13.8. The Labute approximate surface area is 147 Å². The molecule has 25 heavy (non-hydrogen) atoms. The van der Waals surface area contributed by atoms with Crippen molar-refractivity contribution >= 4 is 22.7 Å². The van der Waals surface area contributed by atoms with Crippen LogP contribution in [0.2, 0.25) is 0 Å². The molecule has 0 fully saturated rings. The molecule has 0 radical (unpaired) electrons. The van der Waals surface area contributed by atoms with Crippen molar-refractivity contribution in [3.63, 3.8) is 0 Å². The van der Waals surface area contributed by atoms with Crippen LogP contribution in [0.4, 0.5) is 11.8 Å². The Morgan fingerprint density at radius 2 is 1.72 bits per heavy atom. The summed E-state index contributed by atoms with van der Waals surface area (Å²) in [7, 11) is 3.26. The van der Waals surface area contributed by atoms with Crippen molar-refractivity contribution in [3.05, 3.63) is 48.0 Å². The first-order valence-electron chi connectivity index (χ1n) is 8.20. The van der Waals surface area contributed by atoms with Crippen molar-refractivity contribution in [1.29, 1.82) is 0 Å². The molecular formula is C19H22N4O2. The van der Waals surface area contributed by atoms with Crippen LogP contribution in [0, 0.1) is 0 Å². The van der Waals surface area contributed by atoms with Gasteiger partial charge in [0, 0.05) is 18.5 Å². The van der Waals surface area contributed by atoms with Crippen molar-refractivity contribution in [3.8, 4) is 11.5 Å². The second-order valence-corrected chi connectivity index (χ2v) is 5.49. The van der Waals surface area contributed by atoms with Crippen LogP contribution in [0.25, 0.3) is 10.9 Å². The van der Waals surface area contributed by atoms with Crippen molar-refractivity contribution in [2.75, 3.05) is 31.4 Å². The van der Waals surface area contributed by atoms with Gasteiger partial charge in [0.25, 0.3) is 0 Å². The number of para-hydroxylation sites is 1. The van der Waals surface area contributed by atoms with Gasteiger partial charge >= 0.3 is 0 Å². The van der Waals surface area contributed by atoms with Gasteiger partial charge in [0.1, 0.15) is 5.82 Å². The molecule has 0 saturated carbocycles. The lowest BCUT2D eigenvalue weighted by molar-refractivity contribution is 0.354. The molecular weight excluding hydrogens is 316 g/mol. The molecule has 1 heterocycles. The minimum atomic E-state index is 0.618. The Morgan fingerprint density at radius 3 is 2.48 bits per heavy atom. The topological polar surface area (TPSA) is 68.3 Å². The minimum Gasteiger partial charge on any atom is -0.493 e. The van der Waals surface area contributed by atoms with Gasteiger partial charge in [0.05, 0.1) is 19.7 Å². The summed E-state index contributed by atoms with van der Waals surface area (Å²) in [6.07, 6.45) is 0. The summed E-state index contributed by atoms with van der Waals surface area (Å²) in [4.78, 5) is 9.12. The first-order valence-corrected chi connectivity index (χ1v) is 8.20. The van der Waals surface area contributed by atoms with Gasteiger partial charge in [0.2, 0.25) is 5.95 Å². The number of hydrogen-bond acceptors (Lipinski definition) is 6. The van der Waals surface area contributed by atoms with E-state index in [1.807, 2.05) is 49.4 Å². The zero-order valence-corrected chi connectivity index (χ0v) is 14.7. The van der Waals surface area contributed by atoms with Gasteiger partial charge in [-0.15, -0.1) is 0 Å². The number of hydrogen-bond donors (Lipinski definition) is 2. The molecule has 0 aliphatic heterocycles. The zero-order valence-electron chi connectivity index (χ0n) is 14.7. The molecule has 1 aromatic heterocycles. The number of anilines is 2. The van der Waals surface area contributed by atoms with E-state index < -0.39 is 0 Å². The van der Waals surface area contributed by atoms with Crippen molar-refractivity contribution in [2.24, 2.45) is 0 Å². The van der Waals surface area contributed by atoms with Crippen LogP contribution in [0.5, 0.6) is 11.5 Å². The fourth-order valence-corrected chi connectivity index (χ4v) is 2.62. The van der Waals surface area contributed by atoms with E-state index in [0.29, 0.717) is 24.0 Å². The average molecular weight is 338 g/mol. The minimum absolute atomic E-state index is 0.618. The van der Waals surface area contributed by atoms with Crippen LogP contribution >= 0.6 is 0 Å². The van der Waals surface area contributed by atoms with E-state index in [1.165, 1.54) is 0 Å². The number of aromatic nitrogens is 2. The summed E-state index contributed by atoms with van der Waals surface area (Å²) in [6.45, 7) is 3.41. The van der Waals surface area contributed by atoms with Crippen LogP contribution in [-0.4, -0.2) is 30.7 Å². The molecule has 0 aliphatic carbocycles. The SMILES string of the molecule is CCNc1nc(NCc2ccc(OC)c(OC)c2)c2ccccc2n1. The van der Waals surface area contributed by atoms with Crippen molar-refractivity contribution in [2.45, 2.75) is 13.5 Å². The van der Waals surface area contributed by atoms with E-state index in [2.05, 4.69) is 20.6 Å². The van der Waals surface area contributed by atoms with Crippen LogP contribution < -0.4 is 20.1 Å². The summed E-state index contributed by atoms with van der Waals surface area (Å²) in [5.41, 5.74) is 1.98. The number of nitrogens with one attached hydrogen (secondary N) is 2. The highest BCUT2D eigenvalue weighted by Gasteiger charge is 2.08. The molecule has 0 saturated heterocycles. The largest absolute Gasteiger partial charge is 0.493 e. The Morgan fingerprint density at radius 1 is 0.920 bits per heavy atom. The van der Waals surface area contributed by atoms with Crippen LogP contribution in [0.1, 0.15) is 12.5 Å². The number of fused-ring (bicyclic) bond motifs is 1. The molecule has 2 aromatic carbocycles. The van der Waals surface area contributed by atoms with E-state index >= 15 is 0 Å². The fraction of sp³-hybridized carbons (Fsp3) is 0.263. The van der Waals surface area contributed by atoms with Crippen LogP contribution in [-0.2, 0) is 6.54 Å². The lowest BCUT2D eigenvalue weighted by Gasteiger charge is -2.13. The summed E-state index contributed by atoms with van der Waals surface area (Å²) < 4.78 is 10.6. The lowest BCUT2D eigenvalue weighted by atomic mass is 10.2. The smallest absolute Gasteiger partial charge is 0.225 e. The maximum atomic E-state index is 5.36. The molecule has 3 rings (SSSR count). The Hall–Kier alpha value is -3.02. The third-order valence-electron chi connectivity index (χ3n) is 3.85. The third-order valence-corrected chi connectivity index (χ3v) is 3.85. The maximum Gasteiger partial charge on any atom is 0.225 e. The van der Waals surface area contributed by atoms with Gasteiger partial charge in [-0.1, -0.05) is 18.2 Å². The number of rotatable bonds is 7. The molecule has 6 nitrogen and oxygen atoms in total. The van der Waals surface area contributed by atoms with Gasteiger partial charge in [-0.25, -0.2) is 4.98 Å². The summed E-state index contributed by atoms with van der Waals surface area (Å²) >= 11 is 0. The van der Waals surface area contributed by atoms with Crippen LogP contribution in [0.15, 0.2) is 42.5 Å². The standard InChI is InChI=1S/C19H22N4O2/c1-4-20-19-22-15-8-6-5-7-14(15)18(23-19)21-12-13-9-10-16(24-2)17(11-13)25-3/h5-11H,4,12H2,1-3H3,(H2,20,21,22,23). The molecule has 130 valence electrons. The maximum absolute atomic E-state index is 5.36. The van der Waals surface area contributed by atoms with Gasteiger partial charge in [-0.3, -0.25) is 0 Å². The Balaban J connectivity index is 1.87. The Bertz CT molecular complexity index is 867. The quantitative estimate of drug-likeness (QED) is 0.685. The zero-order chi connectivity index (χ0) is 17.6. The van der Waals surface area contributed by atoms with Crippen molar-refractivity contribution in [1.82, 2.24) is 9.97 Å². The normalized spacial score (nSPS) is 10.5. The average Bonchev–Trinajstić information content (AvgIpc) is 2.66. The first kappa shape index (κ1) is 16.8. The van der Waals surface area contributed by atoms with Crippen molar-refractivity contribution < 1.29 is 9.47 Å². The van der Waals surface area contributed by atoms with Crippen LogP contribution in [0.3, 0.4) is 0 Å². The van der Waals surface area contributed by atoms with Gasteiger partial charge in [-0.05, 0) is 36.8 Å². The molecule has 0 unspecified atom stereocenters. The third kappa shape index (κ3) is 3.74. The highest BCUT2D eigenvalue weighted by molar-refractivity contribution is 5.90. The highest BCUT2D eigenvalue weighted by Crippen LogP contribution is 2.28. The number of nitrogens with zero attached hydrogens (tertiary/aromatic N) is 2. The van der Waals surface area contributed by atoms with Gasteiger partial charge in [0.15, 0.2) is 11.5 Å². The van der Waals surface area contributed by atoms with E-state index in [1.54, 1.807) is 14.2 Å². The van der Waals surface area contributed by atoms with Gasteiger partial charge in [-0.2, -0.15) is 4.98 Å². The predicted molar refractivity (Wildman–Crippen MR) is 101 cm³/mol. The molecule has 2 N–H and O–H groups in total. The van der Waals surface area contributed by atoms with E-state index in [0.717, 1.165) is 28.8 Å². The molecule has 0 atom stereocenters. The fourth-order valence-electron chi connectivity index (χ4n) is 2.62. The van der Waals surface area contributed by atoms with E-state index in [9.17, 15) is 0 Å². The highest BCUT2D eigenvalue weighted by atomic mass is 16.5. The molecule has 0 spiro atoms. The number of ether oxygens (including phenoxy) is 2. The van der Waals surface area contributed by atoms with Gasteiger partial charge < -0.3 is 20.1 Å². The number of benzene rings is 2. The summed E-state index contributed by atoms with van der Waals surface area (Å²) in [5.74, 6) is 2.85. The molecule has 3 aromatic rings. The number of methoxy groups -OCH3 is 2. The first-order chi connectivity index (χ1) is 12.2. The monoisotopic (exact) mass is 338 g/mol. The molecule has 0 aliphatic rings. The molecule has 6 heteroatoms.